The molecule has 0 unspecified atom stereocenters. The largest absolute Gasteiger partial charge is 0.497 e. The summed E-state index contributed by atoms with van der Waals surface area (Å²) in [6.45, 7) is 1.22. The summed E-state index contributed by atoms with van der Waals surface area (Å²) in [5.41, 5.74) is 4.53. The summed E-state index contributed by atoms with van der Waals surface area (Å²) in [4.78, 5) is 22.4. The SMILES string of the molecule is COc1ccc(C(=O)NN/C(C)=C/C(=O)C(F)(F)F)cc1. The Morgan fingerprint density at radius 2 is 1.71 bits per heavy atom. The predicted molar refractivity (Wildman–Crippen MR) is 68.4 cm³/mol. The number of ether oxygens (including phenoxy) is 1. The van der Waals surface area contributed by atoms with Crippen molar-refractivity contribution in [2.75, 3.05) is 7.11 Å². The van der Waals surface area contributed by atoms with Crippen LogP contribution in [0.4, 0.5) is 13.2 Å². The van der Waals surface area contributed by atoms with E-state index in [1.807, 2.05) is 0 Å². The molecule has 0 aliphatic rings. The van der Waals surface area contributed by atoms with Crippen LogP contribution in [0.5, 0.6) is 5.75 Å². The normalized spacial score (nSPS) is 11.8. The minimum Gasteiger partial charge on any atom is -0.497 e. The molecule has 0 saturated carbocycles. The Balaban J connectivity index is 2.59. The van der Waals surface area contributed by atoms with Crippen molar-refractivity contribution < 1.29 is 27.5 Å². The molecule has 5 nitrogen and oxygen atoms in total. The number of hydrazine groups is 1. The fourth-order valence-corrected chi connectivity index (χ4v) is 1.28. The van der Waals surface area contributed by atoms with E-state index in [1.165, 1.54) is 26.2 Å². The van der Waals surface area contributed by atoms with E-state index in [-0.39, 0.29) is 11.3 Å². The minimum atomic E-state index is -4.94. The van der Waals surface area contributed by atoms with E-state index in [0.29, 0.717) is 11.8 Å². The molecule has 1 aromatic carbocycles. The van der Waals surface area contributed by atoms with Gasteiger partial charge < -0.3 is 10.2 Å². The number of halogens is 3. The van der Waals surface area contributed by atoms with Crippen molar-refractivity contribution in [3.63, 3.8) is 0 Å². The summed E-state index contributed by atoms with van der Waals surface area (Å²) in [5.74, 6) is -2.01. The van der Waals surface area contributed by atoms with Crippen molar-refractivity contribution in [2.45, 2.75) is 13.1 Å². The van der Waals surface area contributed by atoms with Gasteiger partial charge in [-0.15, -0.1) is 0 Å². The van der Waals surface area contributed by atoms with E-state index in [1.54, 1.807) is 12.1 Å². The monoisotopic (exact) mass is 302 g/mol. The maximum absolute atomic E-state index is 12.0. The fourth-order valence-electron chi connectivity index (χ4n) is 1.28. The van der Waals surface area contributed by atoms with Crippen molar-refractivity contribution in [1.82, 2.24) is 10.9 Å². The molecule has 0 fully saturated rings. The Morgan fingerprint density at radius 1 is 1.14 bits per heavy atom. The van der Waals surface area contributed by atoms with Gasteiger partial charge in [0.2, 0.25) is 0 Å². The van der Waals surface area contributed by atoms with Gasteiger partial charge in [-0.25, -0.2) is 0 Å². The highest BCUT2D eigenvalue weighted by molar-refractivity contribution is 5.95. The molecule has 0 atom stereocenters. The maximum Gasteiger partial charge on any atom is 0.454 e. The summed E-state index contributed by atoms with van der Waals surface area (Å²) < 4.78 is 41.0. The number of benzene rings is 1. The molecule has 0 heterocycles. The van der Waals surface area contributed by atoms with E-state index in [2.05, 4.69) is 10.9 Å². The molecule has 0 bridgehead atoms. The van der Waals surface area contributed by atoms with Gasteiger partial charge in [-0.2, -0.15) is 13.2 Å². The molecule has 0 radical (unpaired) electrons. The molecule has 0 saturated heterocycles. The standard InChI is InChI=1S/C13H13F3N2O3/c1-8(7-11(19)13(14,15)16)17-18-12(20)9-3-5-10(21-2)6-4-9/h3-7,17H,1-2H3,(H,18,20)/b8-7+. The zero-order chi connectivity index (χ0) is 16.0. The van der Waals surface area contributed by atoms with Gasteiger partial charge in [0, 0.05) is 17.3 Å². The van der Waals surface area contributed by atoms with E-state index in [0.717, 1.165) is 0 Å². The number of carbonyl (C=O) groups is 2. The van der Waals surface area contributed by atoms with Crippen molar-refractivity contribution >= 4 is 11.7 Å². The van der Waals surface area contributed by atoms with Crippen molar-refractivity contribution in [3.8, 4) is 5.75 Å². The van der Waals surface area contributed by atoms with Gasteiger partial charge in [-0.3, -0.25) is 15.0 Å². The van der Waals surface area contributed by atoms with Crippen LogP contribution in [0.2, 0.25) is 0 Å². The molecular formula is C13H13F3N2O3. The van der Waals surface area contributed by atoms with Crippen LogP contribution < -0.4 is 15.6 Å². The van der Waals surface area contributed by atoms with Crippen LogP contribution in [0.25, 0.3) is 0 Å². The van der Waals surface area contributed by atoms with Gasteiger partial charge in [0.1, 0.15) is 5.75 Å². The van der Waals surface area contributed by atoms with Gasteiger partial charge in [-0.05, 0) is 31.2 Å². The van der Waals surface area contributed by atoms with E-state index >= 15 is 0 Å². The molecule has 0 aromatic heterocycles. The third-order valence-electron chi connectivity index (χ3n) is 2.35. The van der Waals surface area contributed by atoms with Crippen LogP contribution in [-0.2, 0) is 4.79 Å². The number of alkyl halides is 3. The third kappa shape index (κ3) is 5.17. The molecule has 8 heteroatoms. The lowest BCUT2D eigenvalue weighted by Gasteiger charge is -2.09. The second-order valence-corrected chi connectivity index (χ2v) is 4.00. The topological polar surface area (TPSA) is 67.4 Å². The van der Waals surface area contributed by atoms with Gasteiger partial charge >= 0.3 is 6.18 Å². The van der Waals surface area contributed by atoms with Gasteiger partial charge in [0.05, 0.1) is 7.11 Å². The molecule has 1 rings (SSSR count). The highest BCUT2D eigenvalue weighted by Gasteiger charge is 2.36. The second kappa shape index (κ2) is 6.78. The average Bonchev–Trinajstić information content (AvgIpc) is 2.43. The van der Waals surface area contributed by atoms with Crippen LogP contribution in [0.3, 0.4) is 0 Å². The number of allylic oxidation sites excluding steroid dienone is 2. The van der Waals surface area contributed by atoms with Crippen LogP contribution in [0, 0.1) is 0 Å². The first-order chi connectivity index (χ1) is 9.74. The zero-order valence-corrected chi connectivity index (χ0v) is 11.2. The van der Waals surface area contributed by atoms with Gasteiger partial charge in [0.25, 0.3) is 11.7 Å². The van der Waals surface area contributed by atoms with Crippen LogP contribution in [-0.4, -0.2) is 25.0 Å². The first-order valence-corrected chi connectivity index (χ1v) is 5.74. The Bertz CT molecular complexity index is 551. The lowest BCUT2D eigenvalue weighted by atomic mass is 10.2. The number of nitrogens with one attached hydrogen (secondary N) is 2. The lowest BCUT2D eigenvalue weighted by Crippen LogP contribution is -2.36. The van der Waals surface area contributed by atoms with Crippen molar-refractivity contribution in [1.29, 1.82) is 0 Å². The molecule has 0 spiro atoms. The highest BCUT2D eigenvalue weighted by Crippen LogP contribution is 2.16. The number of ketones is 1. The summed E-state index contributed by atoms with van der Waals surface area (Å²) in [6.07, 6.45) is -4.59. The summed E-state index contributed by atoms with van der Waals surface area (Å²) in [5, 5.41) is 0. The maximum atomic E-state index is 12.0. The number of hydrogen-bond donors (Lipinski definition) is 2. The Kier molecular flexibility index (Phi) is 5.34. The van der Waals surface area contributed by atoms with Crippen LogP contribution in [0.1, 0.15) is 17.3 Å². The van der Waals surface area contributed by atoms with E-state index < -0.39 is 17.9 Å². The van der Waals surface area contributed by atoms with Gasteiger partial charge in [0.15, 0.2) is 0 Å². The van der Waals surface area contributed by atoms with Crippen molar-refractivity contribution in [3.05, 3.63) is 41.6 Å². The lowest BCUT2D eigenvalue weighted by molar-refractivity contribution is -0.165. The molecule has 0 aliphatic carbocycles. The zero-order valence-electron chi connectivity index (χ0n) is 11.2. The minimum absolute atomic E-state index is 0.140. The number of carbonyl (C=O) groups excluding carboxylic acids is 2. The van der Waals surface area contributed by atoms with Crippen LogP contribution >= 0.6 is 0 Å². The highest BCUT2D eigenvalue weighted by atomic mass is 19.4. The van der Waals surface area contributed by atoms with Crippen molar-refractivity contribution in [2.24, 2.45) is 0 Å². The smallest absolute Gasteiger partial charge is 0.454 e. The summed E-state index contributed by atoms with van der Waals surface area (Å²) in [7, 11) is 1.47. The first kappa shape index (κ1) is 16.5. The molecule has 21 heavy (non-hydrogen) atoms. The molecular weight excluding hydrogens is 289 g/mol. The third-order valence-corrected chi connectivity index (χ3v) is 2.35. The Morgan fingerprint density at radius 3 is 2.19 bits per heavy atom. The first-order valence-electron chi connectivity index (χ1n) is 5.74. The summed E-state index contributed by atoms with van der Waals surface area (Å²) >= 11 is 0. The number of amides is 1. The number of hydrogen-bond acceptors (Lipinski definition) is 4. The summed E-state index contributed by atoms with van der Waals surface area (Å²) in [6, 6.07) is 6.08. The second-order valence-electron chi connectivity index (χ2n) is 4.00. The average molecular weight is 302 g/mol. The molecule has 1 aromatic rings. The molecule has 2 N–H and O–H groups in total. The Hall–Kier alpha value is -2.51. The van der Waals surface area contributed by atoms with Crippen LogP contribution in [0.15, 0.2) is 36.0 Å². The van der Waals surface area contributed by atoms with Gasteiger partial charge in [-0.1, -0.05) is 0 Å². The number of methoxy groups -OCH3 is 1. The Labute approximate surface area is 118 Å². The predicted octanol–water partition coefficient (Wildman–Crippen LogP) is 1.96. The fraction of sp³-hybridized carbons (Fsp3) is 0.231. The molecule has 0 aliphatic heterocycles. The number of rotatable bonds is 5. The quantitative estimate of drug-likeness (QED) is 0.644. The molecule has 1 amide bonds. The van der Waals surface area contributed by atoms with E-state index in [4.69, 9.17) is 4.74 Å². The van der Waals surface area contributed by atoms with E-state index in [9.17, 15) is 22.8 Å². The molecule has 114 valence electrons.